The normalized spacial score (nSPS) is 12.2. The van der Waals surface area contributed by atoms with Gasteiger partial charge in [-0.05, 0) is 20.8 Å². The van der Waals surface area contributed by atoms with E-state index in [1.54, 1.807) is 20.8 Å². The number of aromatic nitrogens is 2. The summed E-state index contributed by atoms with van der Waals surface area (Å²) >= 11 is 0. The van der Waals surface area contributed by atoms with E-state index in [0.717, 1.165) is 10.9 Å². The fraction of sp³-hybridized carbons (Fsp3) is 0.556. The second-order valence-electron chi connectivity index (χ2n) is 4.50. The number of nitrogens with zero attached hydrogens (tertiary/aromatic N) is 2. The maximum atomic E-state index is 11.5. The lowest BCUT2D eigenvalue weighted by Crippen LogP contribution is -2.27. The molecule has 0 bridgehead atoms. The molecule has 0 radical (unpaired) electrons. The SMILES string of the molecule is CC(C)(C)OC(=O)n1ccc(NS(C)(=O)=O)n1. The van der Waals surface area contributed by atoms with Gasteiger partial charge in [-0.15, -0.1) is 5.10 Å². The lowest BCUT2D eigenvalue weighted by molar-refractivity contribution is 0.0515. The van der Waals surface area contributed by atoms with Crippen molar-refractivity contribution < 1.29 is 17.9 Å². The van der Waals surface area contributed by atoms with E-state index in [4.69, 9.17) is 4.74 Å². The van der Waals surface area contributed by atoms with E-state index < -0.39 is 21.7 Å². The second-order valence-corrected chi connectivity index (χ2v) is 6.25. The molecular formula is C9H15N3O4S. The Labute approximate surface area is 99.8 Å². The predicted octanol–water partition coefficient (Wildman–Crippen LogP) is 1.04. The van der Waals surface area contributed by atoms with Crippen molar-refractivity contribution in [2.24, 2.45) is 0 Å². The summed E-state index contributed by atoms with van der Waals surface area (Å²) in [6.07, 6.45) is 1.65. The second kappa shape index (κ2) is 4.36. The van der Waals surface area contributed by atoms with Crippen LogP contribution in [-0.4, -0.2) is 36.1 Å². The summed E-state index contributed by atoms with van der Waals surface area (Å²) in [7, 11) is -3.40. The third kappa shape index (κ3) is 4.85. The smallest absolute Gasteiger partial charge is 0.435 e. The fourth-order valence-electron chi connectivity index (χ4n) is 0.979. The number of hydrogen-bond acceptors (Lipinski definition) is 5. The minimum Gasteiger partial charge on any atom is -0.442 e. The van der Waals surface area contributed by atoms with Crippen molar-refractivity contribution in [3.63, 3.8) is 0 Å². The van der Waals surface area contributed by atoms with Crippen LogP contribution >= 0.6 is 0 Å². The molecule has 0 aromatic carbocycles. The predicted molar refractivity (Wildman–Crippen MR) is 62.3 cm³/mol. The van der Waals surface area contributed by atoms with Gasteiger partial charge in [-0.1, -0.05) is 0 Å². The van der Waals surface area contributed by atoms with Crippen LogP contribution in [0.2, 0.25) is 0 Å². The summed E-state index contributed by atoms with van der Waals surface area (Å²) in [4.78, 5) is 11.5. The van der Waals surface area contributed by atoms with Gasteiger partial charge < -0.3 is 4.74 Å². The Morgan fingerprint density at radius 2 is 2.06 bits per heavy atom. The standard InChI is InChI=1S/C9H15N3O4S/c1-9(2,3)16-8(13)12-6-5-7(10-12)11-17(4,14)15/h5-6H,1-4H3,(H,10,11). The highest BCUT2D eigenvalue weighted by atomic mass is 32.2. The van der Waals surface area contributed by atoms with Gasteiger partial charge in [0.1, 0.15) is 5.60 Å². The molecule has 0 fully saturated rings. The van der Waals surface area contributed by atoms with E-state index in [2.05, 4.69) is 9.82 Å². The molecular weight excluding hydrogens is 246 g/mol. The maximum absolute atomic E-state index is 11.5. The van der Waals surface area contributed by atoms with Gasteiger partial charge in [0.05, 0.1) is 6.26 Å². The monoisotopic (exact) mass is 261 g/mol. The Morgan fingerprint density at radius 1 is 1.47 bits per heavy atom. The van der Waals surface area contributed by atoms with Gasteiger partial charge in [-0.25, -0.2) is 13.2 Å². The van der Waals surface area contributed by atoms with Crippen LogP contribution in [0.5, 0.6) is 0 Å². The molecule has 0 saturated heterocycles. The summed E-state index contributed by atoms with van der Waals surface area (Å²) in [6.45, 7) is 5.18. The van der Waals surface area contributed by atoms with Crippen LogP contribution in [0.3, 0.4) is 0 Å². The number of hydrogen-bond donors (Lipinski definition) is 1. The molecule has 1 rings (SSSR count). The fourth-order valence-corrected chi connectivity index (χ4v) is 1.47. The average Bonchev–Trinajstić information content (AvgIpc) is 2.45. The Kier molecular flexibility index (Phi) is 3.46. The molecule has 0 amide bonds. The number of ether oxygens (including phenoxy) is 1. The molecule has 0 aliphatic heterocycles. The molecule has 96 valence electrons. The van der Waals surface area contributed by atoms with Crippen molar-refractivity contribution in [3.8, 4) is 0 Å². The minimum atomic E-state index is -3.40. The van der Waals surface area contributed by atoms with Crippen molar-refractivity contribution in [3.05, 3.63) is 12.3 Å². The van der Waals surface area contributed by atoms with Gasteiger partial charge in [0.15, 0.2) is 5.82 Å². The Bertz CT molecular complexity index is 513. The van der Waals surface area contributed by atoms with Crippen LogP contribution in [-0.2, 0) is 14.8 Å². The molecule has 7 nitrogen and oxygen atoms in total. The molecule has 0 saturated carbocycles. The van der Waals surface area contributed by atoms with E-state index in [1.165, 1.54) is 12.3 Å². The highest BCUT2D eigenvalue weighted by molar-refractivity contribution is 7.92. The zero-order valence-corrected chi connectivity index (χ0v) is 10.9. The number of carbonyl (C=O) groups is 1. The molecule has 0 atom stereocenters. The van der Waals surface area contributed by atoms with Gasteiger partial charge in [-0.3, -0.25) is 4.72 Å². The van der Waals surface area contributed by atoms with Gasteiger partial charge in [-0.2, -0.15) is 4.68 Å². The quantitative estimate of drug-likeness (QED) is 0.859. The summed E-state index contributed by atoms with van der Waals surface area (Å²) in [5.74, 6) is 0.0679. The first-order valence-electron chi connectivity index (χ1n) is 4.84. The molecule has 0 aliphatic rings. The molecule has 1 aromatic rings. The lowest BCUT2D eigenvalue weighted by Gasteiger charge is -2.18. The van der Waals surface area contributed by atoms with Crippen LogP contribution in [0.4, 0.5) is 10.6 Å². The molecule has 0 aliphatic carbocycles. The van der Waals surface area contributed by atoms with Gasteiger partial charge in [0.2, 0.25) is 10.0 Å². The highest BCUT2D eigenvalue weighted by Crippen LogP contribution is 2.10. The van der Waals surface area contributed by atoms with Crippen molar-refractivity contribution >= 4 is 21.9 Å². The highest BCUT2D eigenvalue weighted by Gasteiger charge is 2.18. The first kappa shape index (κ1) is 13.5. The van der Waals surface area contributed by atoms with Crippen LogP contribution in [0.15, 0.2) is 12.3 Å². The van der Waals surface area contributed by atoms with Crippen molar-refractivity contribution in [1.29, 1.82) is 0 Å². The largest absolute Gasteiger partial charge is 0.442 e. The molecule has 0 spiro atoms. The Morgan fingerprint density at radius 3 is 2.53 bits per heavy atom. The summed E-state index contributed by atoms with van der Waals surface area (Å²) < 4.78 is 30.0. The third-order valence-electron chi connectivity index (χ3n) is 1.46. The number of anilines is 1. The molecule has 1 N–H and O–H groups in total. The summed E-state index contributed by atoms with van der Waals surface area (Å²) in [5, 5.41) is 3.73. The summed E-state index contributed by atoms with van der Waals surface area (Å²) in [6, 6.07) is 1.37. The van der Waals surface area contributed by atoms with Crippen LogP contribution < -0.4 is 4.72 Å². The maximum Gasteiger partial charge on any atom is 0.435 e. The van der Waals surface area contributed by atoms with Crippen LogP contribution in [0.1, 0.15) is 20.8 Å². The zero-order chi connectivity index (χ0) is 13.3. The Balaban J connectivity index is 2.78. The van der Waals surface area contributed by atoms with Crippen molar-refractivity contribution in [2.75, 3.05) is 11.0 Å². The van der Waals surface area contributed by atoms with E-state index in [9.17, 15) is 13.2 Å². The van der Waals surface area contributed by atoms with E-state index in [0.29, 0.717) is 0 Å². The molecule has 1 heterocycles. The minimum absolute atomic E-state index is 0.0679. The lowest BCUT2D eigenvalue weighted by atomic mass is 10.2. The average molecular weight is 261 g/mol. The van der Waals surface area contributed by atoms with E-state index in [-0.39, 0.29) is 5.82 Å². The Hall–Kier alpha value is -1.57. The first-order valence-corrected chi connectivity index (χ1v) is 6.73. The van der Waals surface area contributed by atoms with Crippen LogP contribution in [0.25, 0.3) is 0 Å². The molecule has 0 unspecified atom stereocenters. The number of rotatable bonds is 2. The summed E-state index contributed by atoms with van der Waals surface area (Å²) in [5.41, 5.74) is -0.631. The number of sulfonamides is 1. The third-order valence-corrected chi connectivity index (χ3v) is 2.04. The zero-order valence-electron chi connectivity index (χ0n) is 10.1. The molecule has 8 heteroatoms. The number of nitrogens with one attached hydrogen (secondary N) is 1. The van der Waals surface area contributed by atoms with E-state index in [1.807, 2.05) is 0 Å². The van der Waals surface area contributed by atoms with Gasteiger partial charge in [0, 0.05) is 12.3 Å². The topological polar surface area (TPSA) is 90.3 Å². The molecule has 1 aromatic heterocycles. The number of carbonyl (C=O) groups excluding carboxylic acids is 1. The van der Waals surface area contributed by atoms with Crippen LogP contribution in [0, 0.1) is 0 Å². The van der Waals surface area contributed by atoms with Crippen molar-refractivity contribution in [1.82, 2.24) is 9.78 Å². The molecule has 17 heavy (non-hydrogen) atoms. The van der Waals surface area contributed by atoms with Crippen molar-refractivity contribution in [2.45, 2.75) is 26.4 Å². The van der Waals surface area contributed by atoms with Gasteiger partial charge >= 0.3 is 6.09 Å². The van der Waals surface area contributed by atoms with E-state index >= 15 is 0 Å². The van der Waals surface area contributed by atoms with Gasteiger partial charge in [0.25, 0.3) is 0 Å². The first-order chi connectivity index (χ1) is 7.57.